The zero-order chi connectivity index (χ0) is 48.6. The van der Waals surface area contributed by atoms with Crippen molar-refractivity contribution in [1.29, 1.82) is 0 Å². The first-order valence-electron chi connectivity index (χ1n) is 25.1. The summed E-state index contributed by atoms with van der Waals surface area (Å²) in [5.41, 5.74) is 14.0. The van der Waals surface area contributed by atoms with Crippen LogP contribution >= 0.6 is 22.7 Å². The van der Waals surface area contributed by atoms with Gasteiger partial charge in [0.05, 0.1) is 11.4 Å². The molecule has 5 aromatic heterocycles. The molecule has 0 saturated heterocycles. The van der Waals surface area contributed by atoms with Crippen molar-refractivity contribution in [2.75, 3.05) is 9.80 Å². The maximum Gasteiger partial charge on any atom is 0.137 e. The molecule has 0 aliphatic heterocycles. The van der Waals surface area contributed by atoms with Gasteiger partial charge in [0, 0.05) is 108 Å². The highest BCUT2D eigenvalue weighted by atomic mass is 32.1. The van der Waals surface area contributed by atoms with Crippen molar-refractivity contribution in [2.45, 2.75) is 39.5 Å². The van der Waals surface area contributed by atoms with Crippen LogP contribution in [0.15, 0.2) is 207 Å². The van der Waals surface area contributed by atoms with E-state index in [-0.39, 0.29) is 0 Å². The second kappa shape index (κ2) is 16.1. The molecular formula is C66H46N2O3S2. The number of benzene rings is 10. The van der Waals surface area contributed by atoms with Gasteiger partial charge in [0.15, 0.2) is 0 Å². The van der Waals surface area contributed by atoms with Crippen molar-refractivity contribution in [1.82, 2.24) is 0 Å². The van der Waals surface area contributed by atoms with Crippen LogP contribution in [-0.4, -0.2) is 0 Å². The highest BCUT2D eigenvalue weighted by Gasteiger charge is 2.24. The minimum Gasteiger partial charge on any atom is -0.456 e. The van der Waals surface area contributed by atoms with E-state index in [4.69, 9.17) is 13.3 Å². The Morgan fingerprint density at radius 3 is 1.08 bits per heavy atom. The molecule has 10 aromatic carbocycles. The number of fused-ring (bicyclic) bond motifs is 15. The van der Waals surface area contributed by atoms with E-state index in [2.05, 4.69) is 232 Å². The van der Waals surface area contributed by atoms with E-state index in [1.807, 2.05) is 22.7 Å². The Morgan fingerprint density at radius 2 is 0.658 bits per heavy atom. The molecule has 73 heavy (non-hydrogen) atoms. The first kappa shape index (κ1) is 42.3. The Bertz CT molecular complexity index is 4440. The third-order valence-electron chi connectivity index (χ3n) is 15.0. The van der Waals surface area contributed by atoms with Gasteiger partial charge < -0.3 is 23.1 Å². The third kappa shape index (κ3) is 6.58. The van der Waals surface area contributed by atoms with Crippen LogP contribution in [0.4, 0.5) is 34.1 Å². The molecule has 0 N–H and O–H groups in total. The van der Waals surface area contributed by atoms with Crippen LogP contribution in [0.2, 0.25) is 0 Å². The van der Waals surface area contributed by atoms with Gasteiger partial charge in [-0.05, 0) is 132 Å². The van der Waals surface area contributed by atoms with Crippen LogP contribution in [0, 0.1) is 0 Å². The minimum atomic E-state index is 0.385. The molecule has 15 rings (SSSR count). The van der Waals surface area contributed by atoms with E-state index in [0.29, 0.717) is 11.8 Å². The van der Waals surface area contributed by atoms with E-state index < -0.39 is 0 Å². The van der Waals surface area contributed by atoms with Crippen LogP contribution < -0.4 is 9.80 Å². The van der Waals surface area contributed by atoms with Crippen molar-refractivity contribution in [3.05, 3.63) is 205 Å². The largest absolute Gasteiger partial charge is 0.456 e. The molecule has 0 atom stereocenters. The lowest BCUT2D eigenvalue weighted by Gasteiger charge is -2.27. The summed E-state index contributed by atoms with van der Waals surface area (Å²) in [6, 6.07) is 70.5. The number of thiophene rings is 2. The van der Waals surface area contributed by atoms with Gasteiger partial charge in [-0.3, -0.25) is 0 Å². The molecule has 350 valence electrons. The van der Waals surface area contributed by atoms with E-state index >= 15 is 0 Å². The van der Waals surface area contributed by atoms with E-state index in [0.717, 1.165) is 99.9 Å². The molecule has 0 amide bonds. The lowest BCUT2D eigenvalue weighted by atomic mass is 10.0. The zero-order valence-electron chi connectivity index (χ0n) is 40.6. The number of hydrogen-bond donors (Lipinski definition) is 0. The fourth-order valence-corrected chi connectivity index (χ4v) is 13.6. The number of nitrogens with zero attached hydrogens (tertiary/aromatic N) is 2. The zero-order valence-corrected chi connectivity index (χ0v) is 42.2. The van der Waals surface area contributed by atoms with Crippen LogP contribution in [0.1, 0.15) is 50.7 Å². The molecule has 0 unspecified atom stereocenters. The maximum absolute atomic E-state index is 6.86. The van der Waals surface area contributed by atoms with Gasteiger partial charge in [0.2, 0.25) is 0 Å². The summed E-state index contributed by atoms with van der Waals surface area (Å²) >= 11 is 3.68. The molecule has 0 bridgehead atoms. The number of furan rings is 3. The van der Waals surface area contributed by atoms with Crippen molar-refractivity contribution >= 4 is 163 Å². The van der Waals surface area contributed by atoms with Gasteiger partial charge >= 0.3 is 0 Å². The average molecular weight is 979 g/mol. The van der Waals surface area contributed by atoms with Crippen LogP contribution in [0.3, 0.4) is 0 Å². The lowest BCUT2D eigenvalue weighted by molar-refractivity contribution is 0.662. The van der Waals surface area contributed by atoms with Crippen molar-refractivity contribution in [3.8, 4) is 0 Å². The molecular weight excluding hydrogens is 933 g/mol. The first-order chi connectivity index (χ1) is 35.8. The van der Waals surface area contributed by atoms with Gasteiger partial charge in [0.1, 0.15) is 33.5 Å². The van der Waals surface area contributed by atoms with E-state index in [9.17, 15) is 0 Å². The fraction of sp³-hybridized carbons (Fsp3) is 0.0909. The van der Waals surface area contributed by atoms with Gasteiger partial charge in [-0.25, -0.2) is 0 Å². The first-order valence-corrected chi connectivity index (χ1v) is 26.7. The SMILES string of the molecule is CC(C)c1cccc(N(c2ccc3c(c2)oc2cc4c(cc23)oc2cc3c(cc24)oc2cc(N(c4cccc(C(C)C)c4)c4cccc5sc6ccccc6c45)ccc23)c2cccc3sc4ccccc4c23)c1. The molecule has 0 fully saturated rings. The second-order valence-electron chi connectivity index (χ2n) is 20.0. The summed E-state index contributed by atoms with van der Waals surface area (Å²) in [5.74, 6) is 0.771. The fourth-order valence-electron chi connectivity index (χ4n) is 11.4. The molecule has 5 heterocycles. The minimum absolute atomic E-state index is 0.385. The van der Waals surface area contributed by atoms with Gasteiger partial charge in [0.25, 0.3) is 0 Å². The topological polar surface area (TPSA) is 45.9 Å². The molecule has 0 radical (unpaired) electrons. The Hall–Kier alpha value is -8.36. The summed E-state index contributed by atoms with van der Waals surface area (Å²) in [4.78, 5) is 4.79. The molecule has 5 nitrogen and oxygen atoms in total. The average Bonchev–Trinajstić information content (AvgIpc) is 4.26. The number of rotatable bonds is 8. The summed E-state index contributed by atoms with van der Waals surface area (Å²) < 4.78 is 25.6. The van der Waals surface area contributed by atoms with Crippen LogP contribution in [0.25, 0.3) is 106 Å². The summed E-state index contributed by atoms with van der Waals surface area (Å²) in [7, 11) is 0. The summed E-state index contributed by atoms with van der Waals surface area (Å²) in [5, 5.41) is 11.1. The predicted octanol–water partition coefficient (Wildman–Crippen LogP) is 21.3. The maximum atomic E-state index is 6.86. The summed E-state index contributed by atoms with van der Waals surface area (Å²) in [6.45, 7) is 9.01. The normalized spacial score (nSPS) is 12.4. The van der Waals surface area contributed by atoms with Crippen molar-refractivity contribution in [3.63, 3.8) is 0 Å². The highest BCUT2D eigenvalue weighted by Crippen LogP contribution is 2.49. The Labute approximate surface area is 428 Å². The Morgan fingerprint density at radius 1 is 0.301 bits per heavy atom. The monoisotopic (exact) mass is 978 g/mol. The number of hydrogen-bond acceptors (Lipinski definition) is 7. The Kier molecular flexibility index (Phi) is 9.32. The van der Waals surface area contributed by atoms with Crippen molar-refractivity contribution < 1.29 is 13.3 Å². The molecule has 0 aliphatic rings. The van der Waals surface area contributed by atoms with E-state index in [1.54, 1.807) is 0 Å². The molecule has 7 heteroatoms. The third-order valence-corrected chi connectivity index (χ3v) is 17.2. The lowest BCUT2D eigenvalue weighted by Crippen LogP contribution is -2.10. The van der Waals surface area contributed by atoms with Crippen LogP contribution in [0.5, 0.6) is 0 Å². The number of anilines is 6. The van der Waals surface area contributed by atoms with Gasteiger partial charge in [-0.15, -0.1) is 22.7 Å². The highest BCUT2D eigenvalue weighted by molar-refractivity contribution is 7.26. The molecule has 0 saturated carbocycles. The molecule has 15 aromatic rings. The van der Waals surface area contributed by atoms with Gasteiger partial charge in [-0.2, -0.15) is 0 Å². The predicted molar refractivity (Wildman–Crippen MR) is 312 cm³/mol. The van der Waals surface area contributed by atoms with Crippen LogP contribution in [-0.2, 0) is 0 Å². The van der Waals surface area contributed by atoms with Crippen molar-refractivity contribution in [2.24, 2.45) is 0 Å². The summed E-state index contributed by atoms with van der Waals surface area (Å²) in [6.07, 6.45) is 0. The van der Waals surface area contributed by atoms with Gasteiger partial charge in [-0.1, -0.05) is 100 Å². The standard InChI is InChI=1S/C66H46N2O3S2/c1-37(2)39-13-9-15-41(29-39)67(53-19-11-23-63-65(53)47-17-5-7-21-61(47)72-63)43-25-27-45-49-33-59-51(35-57(49)69-55(45)31-43)52-36-58-50(34-60(52)71-59)46-28-26-44(32-56(46)70-58)68(42-16-10-14-40(30-42)38(3)4)54-20-12-24-64-66(54)48-18-6-8-22-62(48)73-64/h5-38H,1-4H3. The molecule has 0 aliphatic carbocycles. The quantitative estimate of drug-likeness (QED) is 0.152. The van der Waals surface area contributed by atoms with E-state index in [1.165, 1.54) is 51.5 Å². The molecule has 0 spiro atoms. The second-order valence-corrected chi connectivity index (χ2v) is 22.2. The smallest absolute Gasteiger partial charge is 0.137 e. The Balaban J connectivity index is 0.855.